The molecule has 0 saturated carbocycles. The summed E-state index contributed by atoms with van der Waals surface area (Å²) in [5.41, 5.74) is 4.44. The van der Waals surface area contributed by atoms with Crippen molar-refractivity contribution in [3.8, 4) is 5.69 Å². The molecule has 2 amide bonds. The highest BCUT2D eigenvalue weighted by Gasteiger charge is 2.22. The minimum Gasteiger partial charge on any atom is -0.332 e. The number of benzene rings is 2. The molecular weight excluding hydrogens is 400 g/mol. The summed E-state index contributed by atoms with van der Waals surface area (Å²) < 4.78 is 1.74. The van der Waals surface area contributed by atoms with Gasteiger partial charge in [-0.15, -0.1) is 0 Å². The quantitative estimate of drug-likeness (QED) is 0.611. The first-order valence-corrected chi connectivity index (χ1v) is 10.9. The predicted molar refractivity (Wildman–Crippen MR) is 128 cm³/mol. The fourth-order valence-corrected chi connectivity index (χ4v) is 3.29. The maximum atomic E-state index is 12.8. The van der Waals surface area contributed by atoms with Crippen molar-refractivity contribution in [2.75, 3.05) is 18.9 Å². The van der Waals surface area contributed by atoms with Crippen molar-refractivity contribution >= 4 is 17.6 Å². The first-order chi connectivity index (χ1) is 15.1. The molecule has 0 aliphatic rings. The minimum atomic E-state index is -0.278. The molecule has 0 bridgehead atoms. The lowest BCUT2D eigenvalue weighted by Crippen LogP contribution is -2.35. The molecule has 0 fully saturated rings. The van der Waals surface area contributed by atoms with Gasteiger partial charge in [0.05, 0.1) is 17.9 Å². The fourth-order valence-electron chi connectivity index (χ4n) is 3.29. The SMILES string of the molecule is CCc1ccc(C(=O)N(C)CC(=O)Nc2cc(C(C)(C)C)nn2-c2ccc(C)cc2)cc1. The van der Waals surface area contributed by atoms with Crippen molar-refractivity contribution in [1.82, 2.24) is 14.7 Å². The summed E-state index contributed by atoms with van der Waals surface area (Å²) >= 11 is 0. The number of carbonyl (C=O) groups excluding carboxylic acids is 2. The number of aryl methyl sites for hydroxylation is 2. The van der Waals surface area contributed by atoms with Gasteiger partial charge in [-0.1, -0.05) is 57.5 Å². The monoisotopic (exact) mass is 432 g/mol. The van der Waals surface area contributed by atoms with Crippen molar-refractivity contribution in [3.05, 3.63) is 77.0 Å². The molecule has 32 heavy (non-hydrogen) atoms. The van der Waals surface area contributed by atoms with Crippen molar-refractivity contribution in [1.29, 1.82) is 0 Å². The van der Waals surface area contributed by atoms with Crippen molar-refractivity contribution in [2.45, 2.75) is 46.5 Å². The van der Waals surface area contributed by atoms with Gasteiger partial charge in [0.25, 0.3) is 5.91 Å². The molecule has 2 aromatic carbocycles. The van der Waals surface area contributed by atoms with Crippen molar-refractivity contribution in [2.24, 2.45) is 0 Å². The van der Waals surface area contributed by atoms with Gasteiger partial charge < -0.3 is 10.2 Å². The number of nitrogens with zero attached hydrogens (tertiary/aromatic N) is 3. The summed E-state index contributed by atoms with van der Waals surface area (Å²) in [5.74, 6) is 0.113. The van der Waals surface area contributed by atoms with E-state index in [0.717, 1.165) is 23.4 Å². The second-order valence-corrected chi connectivity index (χ2v) is 9.17. The Hall–Kier alpha value is -3.41. The van der Waals surface area contributed by atoms with Gasteiger partial charge in [0.1, 0.15) is 5.82 Å². The van der Waals surface area contributed by atoms with E-state index >= 15 is 0 Å². The Balaban J connectivity index is 1.77. The number of rotatable bonds is 6. The van der Waals surface area contributed by atoms with Crippen LogP contribution in [0.15, 0.2) is 54.6 Å². The molecule has 0 unspecified atom stereocenters. The first-order valence-electron chi connectivity index (χ1n) is 10.9. The van der Waals surface area contributed by atoms with Crippen LogP contribution in [0.1, 0.15) is 54.9 Å². The van der Waals surface area contributed by atoms with Crippen LogP contribution in [0.3, 0.4) is 0 Å². The zero-order chi connectivity index (χ0) is 23.5. The molecule has 3 aromatic rings. The number of likely N-dealkylation sites (N-methyl/N-ethyl adjacent to an activating group) is 1. The van der Waals surface area contributed by atoms with E-state index in [2.05, 4.69) is 33.0 Å². The number of amides is 2. The molecule has 0 atom stereocenters. The number of nitrogens with one attached hydrogen (secondary N) is 1. The van der Waals surface area contributed by atoms with Gasteiger partial charge in [-0.05, 0) is 43.2 Å². The minimum absolute atomic E-state index is 0.0573. The number of aromatic nitrogens is 2. The molecule has 0 aliphatic heterocycles. The molecule has 6 heteroatoms. The molecule has 0 spiro atoms. The number of carbonyl (C=O) groups is 2. The van der Waals surface area contributed by atoms with Gasteiger partial charge in [-0.2, -0.15) is 5.10 Å². The van der Waals surface area contributed by atoms with Crippen molar-refractivity contribution < 1.29 is 9.59 Å². The van der Waals surface area contributed by atoms with Crippen LogP contribution in [0.25, 0.3) is 5.69 Å². The standard InChI is InChI=1S/C26H32N4O2/c1-7-19-10-12-20(13-11-19)25(32)29(6)17-24(31)27-23-16-22(26(3,4)5)28-30(23)21-14-8-18(2)9-15-21/h8-16H,7,17H2,1-6H3,(H,27,31). The summed E-state index contributed by atoms with van der Waals surface area (Å²) in [7, 11) is 1.63. The molecule has 3 rings (SSSR count). The summed E-state index contributed by atoms with van der Waals surface area (Å²) in [5, 5.41) is 7.67. The van der Waals surface area contributed by atoms with Crippen LogP contribution >= 0.6 is 0 Å². The fraction of sp³-hybridized carbons (Fsp3) is 0.346. The average Bonchev–Trinajstić information content (AvgIpc) is 3.18. The average molecular weight is 433 g/mol. The second-order valence-electron chi connectivity index (χ2n) is 9.17. The molecule has 168 valence electrons. The Bertz CT molecular complexity index is 1090. The summed E-state index contributed by atoms with van der Waals surface area (Å²) in [6.07, 6.45) is 0.915. The normalized spacial score (nSPS) is 11.3. The van der Waals surface area contributed by atoms with Crippen LogP contribution in [0, 0.1) is 6.92 Å². The highest BCUT2D eigenvalue weighted by Crippen LogP contribution is 2.26. The van der Waals surface area contributed by atoms with E-state index in [1.807, 2.05) is 49.4 Å². The number of anilines is 1. The van der Waals surface area contributed by atoms with Gasteiger partial charge in [0.2, 0.25) is 5.91 Å². The molecule has 0 saturated heterocycles. The number of hydrogen-bond acceptors (Lipinski definition) is 3. The third-order valence-electron chi connectivity index (χ3n) is 5.36. The van der Waals surface area contributed by atoms with Gasteiger partial charge >= 0.3 is 0 Å². The van der Waals surface area contributed by atoms with Gasteiger partial charge in [-0.25, -0.2) is 4.68 Å². The Kier molecular flexibility index (Phi) is 6.82. The molecule has 1 aromatic heterocycles. The van der Waals surface area contributed by atoms with Crippen LogP contribution in [-0.2, 0) is 16.6 Å². The second kappa shape index (κ2) is 9.39. The maximum absolute atomic E-state index is 12.8. The summed E-state index contributed by atoms with van der Waals surface area (Å²) in [4.78, 5) is 27.0. The van der Waals surface area contributed by atoms with Gasteiger partial charge in [0.15, 0.2) is 0 Å². The number of hydrogen-bond donors (Lipinski definition) is 1. The van der Waals surface area contributed by atoms with E-state index < -0.39 is 0 Å². The highest BCUT2D eigenvalue weighted by molar-refractivity contribution is 5.99. The molecule has 0 radical (unpaired) electrons. The lowest BCUT2D eigenvalue weighted by atomic mass is 9.92. The summed E-state index contributed by atoms with van der Waals surface area (Å²) in [6.45, 7) is 10.3. The third kappa shape index (κ3) is 5.44. The summed E-state index contributed by atoms with van der Waals surface area (Å²) in [6, 6.07) is 17.3. The molecular formula is C26H32N4O2. The Morgan fingerprint density at radius 1 is 1.03 bits per heavy atom. The predicted octanol–water partition coefficient (Wildman–Crippen LogP) is 4.75. The molecule has 1 N–H and O–H groups in total. The third-order valence-corrected chi connectivity index (χ3v) is 5.36. The topological polar surface area (TPSA) is 67.2 Å². The van der Waals surface area contributed by atoms with E-state index in [1.54, 1.807) is 23.9 Å². The van der Waals surface area contributed by atoms with Crippen LogP contribution in [0.5, 0.6) is 0 Å². The van der Waals surface area contributed by atoms with E-state index in [-0.39, 0.29) is 23.8 Å². The zero-order valence-corrected chi connectivity index (χ0v) is 19.8. The Morgan fingerprint density at radius 2 is 1.66 bits per heavy atom. The smallest absolute Gasteiger partial charge is 0.254 e. The van der Waals surface area contributed by atoms with E-state index in [4.69, 9.17) is 5.10 Å². The zero-order valence-electron chi connectivity index (χ0n) is 19.8. The Morgan fingerprint density at radius 3 is 2.22 bits per heavy atom. The van der Waals surface area contributed by atoms with Gasteiger partial charge in [-0.3, -0.25) is 9.59 Å². The van der Waals surface area contributed by atoms with E-state index in [1.165, 1.54) is 10.5 Å². The van der Waals surface area contributed by atoms with Crippen LogP contribution in [-0.4, -0.2) is 40.1 Å². The largest absolute Gasteiger partial charge is 0.332 e. The first kappa shape index (κ1) is 23.3. The van der Waals surface area contributed by atoms with Crippen molar-refractivity contribution in [3.63, 3.8) is 0 Å². The van der Waals surface area contributed by atoms with E-state index in [9.17, 15) is 9.59 Å². The lowest BCUT2D eigenvalue weighted by molar-refractivity contribution is -0.116. The molecule has 1 heterocycles. The van der Waals surface area contributed by atoms with E-state index in [0.29, 0.717) is 11.4 Å². The van der Waals surface area contributed by atoms with Crippen LogP contribution in [0.2, 0.25) is 0 Å². The van der Waals surface area contributed by atoms with Crippen LogP contribution < -0.4 is 5.32 Å². The molecule has 0 aliphatic carbocycles. The highest BCUT2D eigenvalue weighted by atomic mass is 16.2. The Labute approximate surface area is 190 Å². The molecule has 6 nitrogen and oxygen atoms in total. The van der Waals surface area contributed by atoms with Crippen LogP contribution in [0.4, 0.5) is 5.82 Å². The van der Waals surface area contributed by atoms with Gasteiger partial charge in [0, 0.05) is 24.1 Å². The maximum Gasteiger partial charge on any atom is 0.254 e. The lowest BCUT2D eigenvalue weighted by Gasteiger charge is -2.17.